The van der Waals surface area contributed by atoms with Crippen LogP contribution < -0.4 is 9.47 Å². The van der Waals surface area contributed by atoms with Gasteiger partial charge in [0.05, 0.1) is 14.2 Å². The molecule has 2 aromatic carbocycles. The van der Waals surface area contributed by atoms with Crippen molar-refractivity contribution in [3.63, 3.8) is 0 Å². The molecule has 30 heavy (non-hydrogen) atoms. The van der Waals surface area contributed by atoms with E-state index in [0.29, 0.717) is 23.7 Å². The molecule has 1 aliphatic heterocycles. The van der Waals surface area contributed by atoms with Crippen LogP contribution in [0, 0.1) is 0 Å². The SMILES string of the molecule is COC(=O)CN1C(=S)N(C)C(=O)C1=Cc1ccc(OCc2ccccc2)c(OC)c1. The van der Waals surface area contributed by atoms with E-state index < -0.39 is 5.97 Å². The molecule has 8 heteroatoms. The van der Waals surface area contributed by atoms with Crippen molar-refractivity contribution in [2.75, 3.05) is 27.8 Å². The molecular weight excluding hydrogens is 404 g/mol. The first kappa shape index (κ1) is 21.3. The third-order valence-electron chi connectivity index (χ3n) is 4.58. The predicted molar refractivity (Wildman–Crippen MR) is 116 cm³/mol. The van der Waals surface area contributed by atoms with Gasteiger partial charge in [0.15, 0.2) is 16.6 Å². The summed E-state index contributed by atoms with van der Waals surface area (Å²) in [5, 5.41) is 0.242. The normalized spacial score (nSPS) is 15.0. The molecule has 1 fully saturated rings. The summed E-state index contributed by atoms with van der Waals surface area (Å²) in [5.41, 5.74) is 2.03. The highest BCUT2D eigenvalue weighted by atomic mass is 32.1. The van der Waals surface area contributed by atoms with E-state index >= 15 is 0 Å². The number of methoxy groups -OCH3 is 2. The summed E-state index contributed by atoms with van der Waals surface area (Å²) in [5.74, 6) is 0.322. The van der Waals surface area contributed by atoms with Crippen LogP contribution in [0.4, 0.5) is 0 Å². The van der Waals surface area contributed by atoms with Crippen molar-refractivity contribution in [2.24, 2.45) is 0 Å². The summed E-state index contributed by atoms with van der Waals surface area (Å²) in [4.78, 5) is 27.1. The topological polar surface area (TPSA) is 68.3 Å². The quantitative estimate of drug-likeness (QED) is 0.383. The fourth-order valence-electron chi connectivity index (χ4n) is 2.93. The number of likely N-dealkylation sites (N-methyl/N-ethyl adjacent to an activating group) is 1. The number of ether oxygens (including phenoxy) is 3. The Labute approximate surface area is 180 Å². The van der Waals surface area contributed by atoms with Crippen molar-refractivity contribution in [3.8, 4) is 11.5 Å². The van der Waals surface area contributed by atoms with Crippen molar-refractivity contribution in [1.82, 2.24) is 9.80 Å². The third kappa shape index (κ3) is 4.60. The molecule has 1 heterocycles. The lowest BCUT2D eigenvalue weighted by atomic mass is 10.1. The minimum atomic E-state index is -0.492. The number of hydrogen-bond acceptors (Lipinski definition) is 6. The highest BCUT2D eigenvalue weighted by Gasteiger charge is 2.36. The van der Waals surface area contributed by atoms with Gasteiger partial charge in [0, 0.05) is 7.05 Å². The number of nitrogens with zero attached hydrogens (tertiary/aromatic N) is 2. The molecule has 1 amide bonds. The summed E-state index contributed by atoms with van der Waals surface area (Å²) in [6.45, 7) is 0.259. The molecule has 0 atom stereocenters. The zero-order valence-electron chi connectivity index (χ0n) is 17.0. The average Bonchev–Trinajstić information content (AvgIpc) is 2.97. The first-order chi connectivity index (χ1) is 14.4. The van der Waals surface area contributed by atoms with E-state index in [0.717, 1.165) is 5.56 Å². The van der Waals surface area contributed by atoms with Crippen LogP contribution in [0.15, 0.2) is 54.2 Å². The minimum absolute atomic E-state index is 0.146. The fourth-order valence-corrected chi connectivity index (χ4v) is 3.18. The summed E-state index contributed by atoms with van der Waals surface area (Å²) in [6.07, 6.45) is 1.66. The summed E-state index contributed by atoms with van der Waals surface area (Å²) in [6, 6.07) is 15.2. The standard InChI is InChI=1S/C22H22N2O5S/c1-23-21(26)17(24(22(23)30)13-20(25)28-3)11-16-9-10-18(19(12-16)27-2)29-14-15-7-5-4-6-8-15/h4-12H,13-14H2,1-3H3. The Morgan fingerprint density at radius 2 is 1.83 bits per heavy atom. The minimum Gasteiger partial charge on any atom is -0.493 e. The summed E-state index contributed by atoms with van der Waals surface area (Å²) >= 11 is 5.29. The van der Waals surface area contributed by atoms with Crippen LogP contribution in [-0.4, -0.2) is 54.6 Å². The Morgan fingerprint density at radius 1 is 1.10 bits per heavy atom. The molecule has 0 unspecified atom stereocenters. The number of carbonyl (C=O) groups excluding carboxylic acids is 2. The first-order valence-electron chi connectivity index (χ1n) is 9.17. The Bertz CT molecular complexity index is 990. The second-order valence-corrected chi connectivity index (χ2v) is 6.89. The Balaban J connectivity index is 1.85. The molecule has 0 aliphatic carbocycles. The Kier molecular flexibility index (Phi) is 6.68. The van der Waals surface area contributed by atoms with Gasteiger partial charge in [0.25, 0.3) is 5.91 Å². The van der Waals surface area contributed by atoms with Crippen LogP contribution in [0.1, 0.15) is 11.1 Å². The van der Waals surface area contributed by atoms with E-state index in [-0.39, 0.29) is 23.3 Å². The lowest BCUT2D eigenvalue weighted by molar-refractivity contribution is -0.140. The lowest BCUT2D eigenvalue weighted by Gasteiger charge is -2.17. The van der Waals surface area contributed by atoms with Gasteiger partial charge in [0.1, 0.15) is 18.8 Å². The third-order valence-corrected chi connectivity index (χ3v) is 5.07. The van der Waals surface area contributed by atoms with Crippen LogP contribution in [0.3, 0.4) is 0 Å². The predicted octanol–water partition coefficient (Wildman–Crippen LogP) is 2.85. The second kappa shape index (κ2) is 9.41. The van der Waals surface area contributed by atoms with Crippen LogP contribution in [0.25, 0.3) is 6.08 Å². The Morgan fingerprint density at radius 3 is 2.50 bits per heavy atom. The maximum atomic E-state index is 12.6. The zero-order valence-corrected chi connectivity index (χ0v) is 17.8. The number of amides is 1. The van der Waals surface area contributed by atoms with Gasteiger partial charge in [-0.1, -0.05) is 36.4 Å². The molecule has 7 nitrogen and oxygen atoms in total. The molecule has 1 saturated heterocycles. The highest BCUT2D eigenvalue weighted by molar-refractivity contribution is 7.80. The van der Waals surface area contributed by atoms with E-state index in [1.807, 2.05) is 30.3 Å². The van der Waals surface area contributed by atoms with Crippen LogP contribution >= 0.6 is 12.2 Å². The smallest absolute Gasteiger partial charge is 0.325 e. The van der Waals surface area contributed by atoms with E-state index in [1.54, 1.807) is 38.4 Å². The number of carbonyl (C=O) groups is 2. The van der Waals surface area contributed by atoms with Crippen LogP contribution in [0.5, 0.6) is 11.5 Å². The number of esters is 1. The molecule has 0 N–H and O–H groups in total. The van der Waals surface area contributed by atoms with Gasteiger partial charge in [-0.2, -0.15) is 0 Å². The highest BCUT2D eigenvalue weighted by Crippen LogP contribution is 2.31. The first-order valence-corrected chi connectivity index (χ1v) is 9.58. The van der Waals surface area contributed by atoms with Crippen molar-refractivity contribution >= 4 is 35.3 Å². The largest absolute Gasteiger partial charge is 0.493 e. The maximum absolute atomic E-state index is 12.6. The van der Waals surface area contributed by atoms with Gasteiger partial charge in [0.2, 0.25) is 0 Å². The number of rotatable bonds is 7. The van der Waals surface area contributed by atoms with Gasteiger partial charge >= 0.3 is 5.97 Å². The number of benzene rings is 2. The summed E-state index contributed by atoms with van der Waals surface area (Å²) in [7, 11) is 4.40. The maximum Gasteiger partial charge on any atom is 0.325 e. The van der Waals surface area contributed by atoms with Crippen LogP contribution in [-0.2, 0) is 20.9 Å². The molecular formula is C22H22N2O5S. The number of hydrogen-bond donors (Lipinski definition) is 0. The van der Waals surface area contributed by atoms with E-state index in [2.05, 4.69) is 0 Å². The lowest BCUT2D eigenvalue weighted by Crippen LogP contribution is -2.33. The molecule has 0 saturated carbocycles. The van der Waals surface area contributed by atoms with Crippen molar-refractivity contribution in [2.45, 2.75) is 6.61 Å². The molecule has 1 aliphatic rings. The average molecular weight is 426 g/mol. The van der Waals surface area contributed by atoms with E-state index in [9.17, 15) is 9.59 Å². The van der Waals surface area contributed by atoms with Gasteiger partial charge in [-0.15, -0.1) is 0 Å². The molecule has 0 radical (unpaired) electrons. The molecule has 2 aromatic rings. The fraction of sp³-hybridized carbons (Fsp3) is 0.227. The van der Waals surface area contributed by atoms with Crippen molar-refractivity contribution in [3.05, 3.63) is 65.4 Å². The van der Waals surface area contributed by atoms with E-state index in [1.165, 1.54) is 16.9 Å². The molecule has 3 rings (SSSR count). The van der Waals surface area contributed by atoms with Gasteiger partial charge in [-0.3, -0.25) is 14.5 Å². The molecule has 0 bridgehead atoms. The van der Waals surface area contributed by atoms with Gasteiger partial charge in [-0.25, -0.2) is 0 Å². The summed E-state index contributed by atoms with van der Waals surface area (Å²) < 4.78 is 16.0. The molecule has 0 aromatic heterocycles. The van der Waals surface area contributed by atoms with Crippen molar-refractivity contribution in [1.29, 1.82) is 0 Å². The molecule has 0 spiro atoms. The van der Waals surface area contributed by atoms with Gasteiger partial charge < -0.3 is 19.1 Å². The van der Waals surface area contributed by atoms with Gasteiger partial charge in [-0.05, 0) is 41.6 Å². The van der Waals surface area contributed by atoms with E-state index in [4.69, 9.17) is 26.4 Å². The van der Waals surface area contributed by atoms with Crippen LogP contribution in [0.2, 0.25) is 0 Å². The molecule has 156 valence electrons. The zero-order chi connectivity index (χ0) is 21.7. The number of thiocarbonyl (C=S) groups is 1. The monoisotopic (exact) mass is 426 g/mol. The van der Waals surface area contributed by atoms with Crippen molar-refractivity contribution < 1.29 is 23.8 Å². The Hall–Kier alpha value is -3.39. The second-order valence-electron chi connectivity index (χ2n) is 6.52.